The number of hydrogen-bond acceptors (Lipinski definition) is 4. The van der Waals surface area contributed by atoms with Gasteiger partial charge in [0.2, 0.25) is 0 Å². The van der Waals surface area contributed by atoms with Gasteiger partial charge in [0.1, 0.15) is 16.6 Å². The summed E-state index contributed by atoms with van der Waals surface area (Å²) in [4.78, 5) is 5.45. The second kappa shape index (κ2) is 5.75. The van der Waals surface area contributed by atoms with E-state index in [0.717, 1.165) is 21.4 Å². The number of methoxy groups -OCH3 is 1. The van der Waals surface area contributed by atoms with Gasteiger partial charge >= 0.3 is 0 Å². The summed E-state index contributed by atoms with van der Waals surface area (Å²) in [5.74, 6) is 0.819. The van der Waals surface area contributed by atoms with Gasteiger partial charge in [-0.3, -0.25) is 5.41 Å². The standard InChI is InChI=1S/C14H15N3OS/c1-9-6-7-12(13(15)16)14(17-9)19-11-5-3-4-10(8-11)18-2/h3-8H,1-2H3,(H3,15,16). The maximum absolute atomic E-state index is 7.59. The molecule has 2 rings (SSSR count). The number of hydrogen-bond donors (Lipinski definition) is 2. The molecule has 4 nitrogen and oxygen atoms in total. The maximum Gasteiger partial charge on any atom is 0.125 e. The number of pyridine rings is 1. The van der Waals surface area contributed by atoms with Gasteiger partial charge in [-0.2, -0.15) is 0 Å². The molecule has 0 spiro atoms. The molecule has 1 aromatic carbocycles. The number of aryl methyl sites for hydroxylation is 1. The summed E-state index contributed by atoms with van der Waals surface area (Å²) < 4.78 is 5.19. The number of nitrogens with zero attached hydrogens (tertiary/aromatic N) is 1. The molecule has 0 atom stereocenters. The highest BCUT2D eigenvalue weighted by molar-refractivity contribution is 7.99. The van der Waals surface area contributed by atoms with E-state index < -0.39 is 0 Å². The number of ether oxygens (including phenoxy) is 1. The van der Waals surface area contributed by atoms with E-state index in [1.165, 1.54) is 11.8 Å². The van der Waals surface area contributed by atoms with Crippen molar-refractivity contribution in [2.75, 3.05) is 7.11 Å². The Morgan fingerprint density at radius 3 is 2.79 bits per heavy atom. The first kappa shape index (κ1) is 13.4. The number of benzene rings is 1. The van der Waals surface area contributed by atoms with Gasteiger partial charge in [-0.1, -0.05) is 17.8 Å². The van der Waals surface area contributed by atoms with Crippen LogP contribution in [0.25, 0.3) is 0 Å². The molecule has 0 aliphatic rings. The molecular formula is C14H15N3OS. The quantitative estimate of drug-likeness (QED) is 0.663. The summed E-state index contributed by atoms with van der Waals surface area (Å²) in [6, 6.07) is 11.4. The van der Waals surface area contributed by atoms with Crippen LogP contribution in [-0.2, 0) is 0 Å². The van der Waals surface area contributed by atoms with Crippen LogP contribution in [0.15, 0.2) is 46.3 Å². The minimum Gasteiger partial charge on any atom is -0.497 e. The molecule has 3 N–H and O–H groups in total. The van der Waals surface area contributed by atoms with Crippen LogP contribution < -0.4 is 10.5 Å². The molecule has 0 unspecified atom stereocenters. The van der Waals surface area contributed by atoms with Crippen LogP contribution in [0.2, 0.25) is 0 Å². The van der Waals surface area contributed by atoms with E-state index in [9.17, 15) is 0 Å². The Morgan fingerprint density at radius 2 is 2.11 bits per heavy atom. The van der Waals surface area contributed by atoms with Crippen molar-refractivity contribution in [1.29, 1.82) is 5.41 Å². The Balaban J connectivity index is 2.36. The largest absolute Gasteiger partial charge is 0.497 e. The lowest BCUT2D eigenvalue weighted by atomic mass is 10.2. The van der Waals surface area contributed by atoms with Crippen molar-refractivity contribution in [3.63, 3.8) is 0 Å². The van der Waals surface area contributed by atoms with Gasteiger partial charge < -0.3 is 10.5 Å². The molecule has 5 heteroatoms. The van der Waals surface area contributed by atoms with Crippen molar-refractivity contribution < 1.29 is 4.74 Å². The van der Waals surface area contributed by atoms with E-state index in [1.54, 1.807) is 7.11 Å². The van der Waals surface area contributed by atoms with E-state index in [4.69, 9.17) is 15.9 Å². The first-order valence-corrected chi connectivity index (χ1v) is 6.56. The molecule has 98 valence electrons. The van der Waals surface area contributed by atoms with Crippen molar-refractivity contribution in [2.45, 2.75) is 16.8 Å². The first-order chi connectivity index (χ1) is 9.10. The second-order valence-electron chi connectivity index (χ2n) is 4.00. The number of amidine groups is 1. The molecule has 1 heterocycles. The zero-order chi connectivity index (χ0) is 13.8. The van der Waals surface area contributed by atoms with E-state index in [2.05, 4.69) is 4.98 Å². The number of nitrogens with one attached hydrogen (secondary N) is 1. The Bertz CT molecular complexity index is 613. The van der Waals surface area contributed by atoms with Crippen LogP contribution in [0.1, 0.15) is 11.3 Å². The van der Waals surface area contributed by atoms with E-state index >= 15 is 0 Å². The molecule has 0 aliphatic heterocycles. The summed E-state index contributed by atoms with van der Waals surface area (Å²) in [7, 11) is 1.63. The lowest BCUT2D eigenvalue weighted by Crippen LogP contribution is -2.13. The smallest absolute Gasteiger partial charge is 0.125 e. The molecule has 0 saturated heterocycles. The maximum atomic E-state index is 7.59. The number of nitrogens with two attached hydrogens (primary N) is 1. The third-order valence-corrected chi connectivity index (χ3v) is 3.54. The summed E-state index contributed by atoms with van der Waals surface area (Å²) in [6.07, 6.45) is 0. The van der Waals surface area contributed by atoms with Gasteiger partial charge in [-0.25, -0.2) is 4.98 Å². The number of aromatic nitrogens is 1. The van der Waals surface area contributed by atoms with Gasteiger partial charge in [0, 0.05) is 16.2 Å². The average Bonchev–Trinajstić information content (AvgIpc) is 2.38. The summed E-state index contributed by atoms with van der Waals surface area (Å²) in [6.45, 7) is 1.92. The van der Waals surface area contributed by atoms with Crippen molar-refractivity contribution in [3.05, 3.63) is 47.7 Å². The molecule has 2 aromatic rings. The van der Waals surface area contributed by atoms with Gasteiger partial charge in [0.15, 0.2) is 0 Å². The van der Waals surface area contributed by atoms with Crippen molar-refractivity contribution in [3.8, 4) is 5.75 Å². The lowest BCUT2D eigenvalue weighted by Gasteiger charge is -2.08. The van der Waals surface area contributed by atoms with Crippen molar-refractivity contribution in [2.24, 2.45) is 5.73 Å². The summed E-state index contributed by atoms with van der Waals surface area (Å²) >= 11 is 1.47. The van der Waals surface area contributed by atoms with Gasteiger partial charge in [-0.15, -0.1) is 0 Å². The predicted octanol–water partition coefficient (Wildman–Crippen LogP) is 2.83. The molecule has 19 heavy (non-hydrogen) atoms. The third kappa shape index (κ3) is 3.26. The normalized spacial score (nSPS) is 10.2. The Kier molecular flexibility index (Phi) is 4.06. The fourth-order valence-electron chi connectivity index (χ4n) is 1.59. The lowest BCUT2D eigenvalue weighted by molar-refractivity contribution is 0.413. The highest BCUT2D eigenvalue weighted by atomic mass is 32.2. The molecule has 0 aliphatic carbocycles. The van der Waals surface area contributed by atoms with Crippen LogP contribution in [0.5, 0.6) is 5.75 Å². The molecular weight excluding hydrogens is 258 g/mol. The Labute approximate surface area is 116 Å². The van der Waals surface area contributed by atoms with Gasteiger partial charge in [0.25, 0.3) is 0 Å². The summed E-state index contributed by atoms with van der Waals surface area (Å²) in [5.41, 5.74) is 7.13. The van der Waals surface area contributed by atoms with Crippen molar-refractivity contribution >= 4 is 17.6 Å². The monoisotopic (exact) mass is 273 g/mol. The SMILES string of the molecule is COc1cccc(Sc2nc(C)ccc2C(=N)N)c1. The van der Waals surface area contributed by atoms with Crippen LogP contribution in [0.4, 0.5) is 0 Å². The minimum atomic E-state index is 0.0258. The molecule has 1 aromatic heterocycles. The predicted molar refractivity (Wildman–Crippen MR) is 77.1 cm³/mol. The fourth-order valence-corrected chi connectivity index (χ4v) is 2.61. The van der Waals surface area contributed by atoms with E-state index in [1.807, 2.05) is 43.3 Å². The van der Waals surface area contributed by atoms with Crippen LogP contribution in [0.3, 0.4) is 0 Å². The molecule has 0 saturated carbocycles. The highest BCUT2D eigenvalue weighted by Gasteiger charge is 2.09. The minimum absolute atomic E-state index is 0.0258. The van der Waals surface area contributed by atoms with Gasteiger partial charge in [-0.05, 0) is 37.3 Å². The van der Waals surface area contributed by atoms with Gasteiger partial charge in [0.05, 0.1) is 7.11 Å². The second-order valence-corrected chi connectivity index (χ2v) is 5.06. The first-order valence-electron chi connectivity index (χ1n) is 5.74. The van der Waals surface area contributed by atoms with Crippen LogP contribution in [0, 0.1) is 12.3 Å². The number of rotatable bonds is 4. The summed E-state index contributed by atoms with van der Waals surface area (Å²) in [5, 5.41) is 8.33. The topological polar surface area (TPSA) is 72.0 Å². The zero-order valence-electron chi connectivity index (χ0n) is 10.8. The molecule has 0 amide bonds. The van der Waals surface area contributed by atoms with E-state index in [-0.39, 0.29) is 5.84 Å². The zero-order valence-corrected chi connectivity index (χ0v) is 11.6. The third-order valence-electron chi connectivity index (χ3n) is 2.55. The highest BCUT2D eigenvalue weighted by Crippen LogP contribution is 2.31. The molecule has 0 fully saturated rings. The molecule has 0 bridgehead atoms. The van der Waals surface area contributed by atoms with Crippen molar-refractivity contribution in [1.82, 2.24) is 4.98 Å². The average molecular weight is 273 g/mol. The Morgan fingerprint density at radius 1 is 1.32 bits per heavy atom. The fraction of sp³-hybridized carbons (Fsp3) is 0.143. The van der Waals surface area contributed by atoms with Crippen LogP contribution >= 0.6 is 11.8 Å². The van der Waals surface area contributed by atoms with Crippen LogP contribution in [-0.4, -0.2) is 17.9 Å². The van der Waals surface area contributed by atoms with E-state index in [0.29, 0.717) is 5.56 Å². The Hall–Kier alpha value is -2.01. The number of nitrogen functional groups attached to an aromatic ring is 1. The molecule has 0 radical (unpaired) electrons.